The van der Waals surface area contributed by atoms with Crippen molar-refractivity contribution in [2.24, 2.45) is 0 Å². The fourth-order valence-corrected chi connectivity index (χ4v) is 2.15. The van der Waals surface area contributed by atoms with Crippen LogP contribution in [0.25, 0.3) is 0 Å². The van der Waals surface area contributed by atoms with Gasteiger partial charge in [0.05, 0.1) is 11.7 Å². The molecule has 0 amide bonds. The maximum atomic E-state index is 13.8. The zero-order chi connectivity index (χ0) is 11.8. The van der Waals surface area contributed by atoms with E-state index in [1.54, 1.807) is 4.68 Å². The lowest BCUT2D eigenvalue weighted by Crippen LogP contribution is -2.24. The minimum atomic E-state index is -0.761. The Morgan fingerprint density at radius 2 is 2.00 bits per heavy atom. The quantitative estimate of drug-likeness (QED) is 0.735. The Balaban J connectivity index is 2.18. The third-order valence-corrected chi connectivity index (χ3v) is 3.27. The lowest BCUT2D eigenvalue weighted by Gasteiger charge is -2.25. The molecule has 0 bridgehead atoms. The largest absolute Gasteiger partial charge is 0.246 e. The van der Waals surface area contributed by atoms with Gasteiger partial charge < -0.3 is 0 Å². The molecule has 90 valence electrons. The molecule has 0 radical (unpaired) electrons. The molecule has 1 aliphatic rings. The summed E-state index contributed by atoms with van der Waals surface area (Å²) in [5.74, 6) is 0. The molecule has 0 aliphatic heterocycles. The fourth-order valence-electron chi connectivity index (χ4n) is 2.15. The molecule has 2 rings (SSSR count). The Labute approximate surface area is 96.0 Å². The van der Waals surface area contributed by atoms with Crippen molar-refractivity contribution in [1.29, 1.82) is 0 Å². The average molecular weight is 225 g/mol. The van der Waals surface area contributed by atoms with Gasteiger partial charge in [-0.15, -0.1) is 5.10 Å². The molecule has 1 aromatic heterocycles. The van der Waals surface area contributed by atoms with Gasteiger partial charge in [0, 0.05) is 11.6 Å². The number of nitrogens with zero attached hydrogens (tertiary/aromatic N) is 3. The van der Waals surface area contributed by atoms with Gasteiger partial charge in [-0.25, -0.2) is 9.07 Å². The van der Waals surface area contributed by atoms with Crippen molar-refractivity contribution in [2.75, 3.05) is 0 Å². The molecule has 2 atom stereocenters. The number of aromatic nitrogens is 3. The van der Waals surface area contributed by atoms with Gasteiger partial charge in [0.25, 0.3) is 0 Å². The Kier molecular flexibility index (Phi) is 3.00. The first-order chi connectivity index (χ1) is 7.48. The van der Waals surface area contributed by atoms with Crippen LogP contribution in [0.3, 0.4) is 0 Å². The van der Waals surface area contributed by atoms with E-state index in [9.17, 15) is 4.39 Å². The highest BCUT2D eigenvalue weighted by atomic mass is 19.1. The summed E-state index contributed by atoms with van der Waals surface area (Å²) in [4.78, 5) is 0. The molecule has 3 nitrogen and oxygen atoms in total. The molecule has 1 aliphatic carbocycles. The molecule has 16 heavy (non-hydrogen) atoms. The summed E-state index contributed by atoms with van der Waals surface area (Å²) in [6, 6.07) is -0.0997. The molecule has 1 unspecified atom stereocenters. The minimum Gasteiger partial charge on any atom is -0.246 e. The lowest BCUT2D eigenvalue weighted by molar-refractivity contribution is 0.158. The monoisotopic (exact) mass is 225 g/mol. The summed E-state index contributed by atoms with van der Waals surface area (Å²) in [6.45, 7) is 6.28. The summed E-state index contributed by atoms with van der Waals surface area (Å²) in [6.07, 6.45) is 4.78. The molecular weight excluding hydrogens is 205 g/mol. The van der Waals surface area contributed by atoms with Gasteiger partial charge in [-0.1, -0.05) is 38.8 Å². The molecular formula is C12H20FN3. The topological polar surface area (TPSA) is 30.7 Å². The summed E-state index contributed by atoms with van der Waals surface area (Å²) >= 11 is 0. The number of halogens is 1. The molecule has 1 aromatic rings. The van der Waals surface area contributed by atoms with Gasteiger partial charge in [0.2, 0.25) is 0 Å². The zero-order valence-corrected chi connectivity index (χ0v) is 10.3. The van der Waals surface area contributed by atoms with Crippen LogP contribution in [0.1, 0.15) is 58.2 Å². The van der Waals surface area contributed by atoms with Gasteiger partial charge >= 0.3 is 0 Å². The van der Waals surface area contributed by atoms with E-state index >= 15 is 0 Å². The summed E-state index contributed by atoms with van der Waals surface area (Å²) < 4.78 is 15.5. The van der Waals surface area contributed by atoms with Crippen LogP contribution in [0.15, 0.2) is 6.20 Å². The van der Waals surface area contributed by atoms with Crippen LogP contribution in [-0.2, 0) is 5.41 Å². The maximum absolute atomic E-state index is 13.8. The zero-order valence-electron chi connectivity index (χ0n) is 10.3. The molecule has 0 saturated heterocycles. The normalized spacial score (nSPS) is 27.0. The molecule has 4 heteroatoms. The summed E-state index contributed by atoms with van der Waals surface area (Å²) in [5, 5.41) is 8.23. The SMILES string of the molecule is CC(C)(C)c1cn(C2CCCC[C@@H]2F)nn1. The Morgan fingerprint density at radius 3 is 2.56 bits per heavy atom. The van der Waals surface area contributed by atoms with Crippen LogP contribution in [0, 0.1) is 0 Å². The van der Waals surface area contributed by atoms with Crippen molar-refractivity contribution in [1.82, 2.24) is 15.0 Å². The second kappa shape index (κ2) is 4.15. The smallest absolute Gasteiger partial charge is 0.122 e. The van der Waals surface area contributed by atoms with E-state index in [1.807, 2.05) is 6.20 Å². The van der Waals surface area contributed by atoms with Crippen molar-refractivity contribution in [3.8, 4) is 0 Å². The van der Waals surface area contributed by atoms with Crippen molar-refractivity contribution >= 4 is 0 Å². The van der Waals surface area contributed by atoms with E-state index in [2.05, 4.69) is 31.1 Å². The number of rotatable bonds is 1. The summed E-state index contributed by atoms with van der Waals surface area (Å²) in [7, 11) is 0. The van der Waals surface area contributed by atoms with Crippen LogP contribution in [0.5, 0.6) is 0 Å². The van der Waals surface area contributed by atoms with E-state index in [-0.39, 0.29) is 11.5 Å². The van der Waals surface area contributed by atoms with Crippen molar-refractivity contribution in [3.05, 3.63) is 11.9 Å². The highest BCUT2D eigenvalue weighted by Crippen LogP contribution is 2.31. The van der Waals surface area contributed by atoms with E-state index < -0.39 is 6.17 Å². The molecule has 0 spiro atoms. The average Bonchev–Trinajstić information content (AvgIpc) is 2.66. The van der Waals surface area contributed by atoms with Crippen LogP contribution >= 0.6 is 0 Å². The first-order valence-corrected chi connectivity index (χ1v) is 6.05. The lowest BCUT2D eigenvalue weighted by atomic mass is 9.92. The highest BCUT2D eigenvalue weighted by molar-refractivity contribution is 5.07. The number of hydrogen-bond donors (Lipinski definition) is 0. The van der Waals surface area contributed by atoms with E-state index in [0.717, 1.165) is 25.0 Å². The van der Waals surface area contributed by atoms with Gasteiger partial charge in [0.1, 0.15) is 6.17 Å². The molecule has 1 saturated carbocycles. The molecule has 1 fully saturated rings. The number of alkyl halides is 1. The second-order valence-electron chi connectivity index (χ2n) is 5.70. The van der Waals surface area contributed by atoms with Gasteiger partial charge in [0.15, 0.2) is 0 Å². The van der Waals surface area contributed by atoms with Crippen LogP contribution in [0.4, 0.5) is 4.39 Å². The van der Waals surface area contributed by atoms with Crippen molar-refractivity contribution < 1.29 is 4.39 Å². The first kappa shape index (κ1) is 11.6. The van der Waals surface area contributed by atoms with Crippen LogP contribution < -0.4 is 0 Å². The second-order valence-corrected chi connectivity index (χ2v) is 5.70. The van der Waals surface area contributed by atoms with Gasteiger partial charge in [-0.05, 0) is 12.8 Å². The van der Waals surface area contributed by atoms with E-state index in [0.29, 0.717) is 6.42 Å². The summed E-state index contributed by atoms with van der Waals surface area (Å²) in [5.41, 5.74) is 0.920. The standard InChI is InChI=1S/C12H20FN3/c1-12(2,3)11-8-16(15-14-11)10-7-5-4-6-9(10)13/h8-10H,4-7H2,1-3H3/t9-,10?/m0/s1. The van der Waals surface area contributed by atoms with Crippen molar-refractivity contribution in [3.63, 3.8) is 0 Å². The van der Waals surface area contributed by atoms with E-state index in [4.69, 9.17) is 0 Å². The minimum absolute atomic E-state index is 0.0152. The van der Waals surface area contributed by atoms with Crippen LogP contribution in [0.2, 0.25) is 0 Å². The highest BCUT2D eigenvalue weighted by Gasteiger charge is 2.28. The fraction of sp³-hybridized carbons (Fsp3) is 0.833. The number of hydrogen-bond acceptors (Lipinski definition) is 2. The predicted molar refractivity (Wildman–Crippen MR) is 61.1 cm³/mol. The third-order valence-electron chi connectivity index (χ3n) is 3.27. The molecule has 1 heterocycles. The molecule has 0 aromatic carbocycles. The Bertz CT molecular complexity index is 353. The van der Waals surface area contributed by atoms with Crippen LogP contribution in [-0.4, -0.2) is 21.2 Å². The first-order valence-electron chi connectivity index (χ1n) is 6.05. The van der Waals surface area contributed by atoms with Crippen molar-refractivity contribution in [2.45, 2.75) is 64.1 Å². The maximum Gasteiger partial charge on any atom is 0.122 e. The molecule has 0 N–H and O–H groups in total. The van der Waals surface area contributed by atoms with Gasteiger partial charge in [-0.2, -0.15) is 0 Å². The Hall–Kier alpha value is -0.930. The van der Waals surface area contributed by atoms with E-state index in [1.165, 1.54) is 0 Å². The van der Waals surface area contributed by atoms with Gasteiger partial charge in [-0.3, -0.25) is 0 Å². The predicted octanol–water partition coefficient (Wildman–Crippen LogP) is 3.03. The Morgan fingerprint density at radius 1 is 1.31 bits per heavy atom. The third kappa shape index (κ3) is 2.25.